The Balaban J connectivity index is 1.95. The van der Waals surface area contributed by atoms with Gasteiger partial charge in [-0.05, 0) is 24.3 Å². The zero-order chi connectivity index (χ0) is 12.8. The summed E-state index contributed by atoms with van der Waals surface area (Å²) in [5.41, 5.74) is 1.87. The molecule has 5 heteroatoms. The van der Waals surface area contributed by atoms with Crippen LogP contribution in [-0.4, -0.2) is 25.2 Å². The normalized spacial score (nSPS) is 10.8. The second kappa shape index (κ2) is 6.68. The van der Waals surface area contributed by atoms with Gasteiger partial charge in [-0.25, -0.2) is 4.98 Å². The lowest BCUT2D eigenvalue weighted by Gasteiger charge is -1.99. The summed E-state index contributed by atoms with van der Waals surface area (Å²) in [6.07, 6.45) is 1.68. The summed E-state index contributed by atoms with van der Waals surface area (Å²) in [5, 5.41) is 3.22. The van der Waals surface area contributed by atoms with E-state index >= 15 is 0 Å². The Labute approximate surface area is 114 Å². The predicted octanol–water partition coefficient (Wildman–Crippen LogP) is 2.84. The van der Waals surface area contributed by atoms with E-state index in [9.17, 15) is 0 Å². The summed E-state index contributed by atoms with van der Waals surface area (Å²) in [6.45, 7) is 2.18. The molecule has 2 aromatic rings. The number of halogens is 1. The van der Waals surface area contributed by atoms with Crippen LogP contribution in [-0.2, 0) is 11.3 Å². The quantitative estimate of drug-likeness (QED) is 0.833. The van der Waals surface area contributed by atoms with E-state index in [-0.39, 0.29) is 0 Å². The molecule has 18 heavy (non-hydrogen) atoms. The van der Waals surface area contributed by atoms with Crippen molar-refractivity contribution in [2.24, 2.45) is 0 Å². The van der Waals surface area contributed by atoms with Crippen LogP contribution in [0.3, 0.4) is 0 Å². The van der Waals surface area contributed by atoms with E-state index < -0.39 is 0 Å². The topological polar surface area (TPSA) is 47.3 Å². The number of benzene rings is 1. The van der Waals surface area contributed by atoms with Crippen molar-refractivity contribution < 1.29 is 9.15 Å². The van der Waals surface area contributed by atoms with E-state index in [1.54, 1.807) is 13.4 Å². The first-order valence-electron chi connectivity index (χ1n) is 5.69. The van der Waals surface area contributed by atoms with Crippen LogP contribution in [0.2, 0.25) is 0 Å². The highest BCUT2D eigenvalue weighted by atomic mass is 79.9. The SMILES string of the molecule is COCCNCc1coc(-c2ccc(Br)cc2)n1. The van der Waals surface area contributed by atoms with Gasteiger partial charge in [-0.3, -0.25) is 0 Å². The highest BCUT2D eigenvalue weighted by molar-refractivity contribution is 9.10. The zero-order valence-electron chi connectivity index (χ0n) is 10.1. The largest absolute Gasteiger partial charge is 0.444 e. The van der Waals surface area contributed by atoms with Crippen molar-refractivity contribution in [3.05, 3.63) is 40.7 Å². The van der Waals surface area contributed by atoms with Gasteiger partial charge in [0.15, 0.2) is 0 Å². The number of nitrogens with one attached hydrogen (secondary N) is 1. The van der Waals surface area contributed by atoms with Gasteiger partial charge in [0, 0.05) is 30.2 Å². The fourth-order valence-corrected chi connectivity index (χ4v) is 1.77. The molecule has 1 aromatic heterocycles. The fraction of sp³-hybridized carbons (Fsp3) is 0.308. The third-order valence-corrected chi connectivity index (χ3v) is 2.96. The smallest absolute Gasteiger partial charge is 0.226 e. The second-order valence-corrected chi connectivity index (χ2v) is 4.74. The minimum absolute atomic E-state index is 0.644. The molecule has 1 aromatic carbocycles. The molecule has 2 rings (SSSR count). The number of hydrogen-bond acceptors (Lipinski definition) is 4. The molecule has 4 nitrogen and oxygen atoms in total. The van der Waals surface area contributed by atoms with Gasteiger partial charge in [-0.1, -0.05) is 15.9 Å². The summed E-state index contributed by atoms with van der Waals surface area (Å²) < 4.78 is 11.4. The summed E-state index contributed by atoms with van der Waals surface area (Å²) >= 11 is 3.40. The van der Waals surface area contributed by atoms with Crippen LogP contribution in [0.1, 0.15) is 5.69 Å². The molecule has 96 valence electrons. The number of hydrogen-bond donors (Lipinski definition) is 1. The molecule has 0 radical (unpaired) electrons. The van der Waals surface area contributed by atoms with E-state index in [1.165, 1.54) is 0 Å². The number of methoxy groups -OCH3 is 1. The molecule has 0 unspecified atom stereocenters. The van der Waals surface area contributed by atoms with Crippen LogP contribution >= 0.6 is 15.9 Å². The first kappa shape index (κ1) is 13.3. The third kappa shape index (κ3) is 3.66. The Morgan fingerprint density at radius 1 is 1.33 bits per heavy atom. The highest BCUT2D eigenvalue weighted by Gasteiger charge is 2.06. The molecule has 0 bridgehead atoms. The number of ether oxygens (including phenoxy) is 1. The fourth-order valence-electron chi connectivity index (χ4n) is 1.50. The molecule has 0 aliphatic heterocycles. The van der Waals surface area contributed by atoms with Gasteiger partial charge in [0.1, 0.15) is 6.26 Å². The minimum atomic E-state index is 0.644. The second-order valence-electron chi connectivity index (χ2n) is 3.82. The van der Waals surface area contributed by atoms with Gasteiger partial charge >= 0.3 is 0 Å². The van der Waals surface area contributed by atoms with Gasteiger partial charge in [0.2, 0.25) is 5.89 Å². The standard InChI is InChI=1S/C13H15BrN2O2/c1-17-7-6-15-8-12-9-18-13(16-12)10-2-4-11(14)5-3-10/h2-5,9,15H,6-8H2,1H3. The summed E-state index contributed by atoms with van der Waals surface area (Å²) in [6, 6.07) is 7.88. The van der Waals surface area contributed by atoms with Crippen molar-refractivity contribution in [3.8, 4) is 11.5 Å². The van der Waals surface area contributed by atoms with Gasteiger partial charge in [-0.2, -0.15) is 0 Å². The molecule has 0 aliphatic rings. The van der Waals surface area contributed by atoms with Gasteiger partial charge in [0.05, 0.1) is 12.3 Å². The molecule has 0 saturated carbocycles. The monoisotopic (exact) mass is 310 g/mol. The van der Waals surface area contributed by atoms with E-state index in [4.69, 9.17) is 9.15 Å². The molecular formula is C13H15BrN2O2. The van der Waals surface area contributed by atoms with Crippen LogP contribution < -0.4 is 5.32 Å². The van der Waals surface area contributed by atoms with Crippen LogP contribution in [0.4, 0.5) is 0 Å². The van der Waals surface area contributed by atoms with Crippen molar-refractivity contribution in [3.63, 3.8) is 0 Å². The lowest BCUT2D eigenvalue weighted by Crippen LogP contribution is -2.18. The molecule has 1 heterocycles. The number of oxazole rings is 1. The minimum Gasteiger partial charge on any atom is -0.444 e. The van der Waals surface area contributed by atoms with Crippen molar-refractivity contribution >= 4 is 15.9 Å². The van der Waals surface area contributed by atoms with Crippen LogP contribution in [0.25, 0.3) is 11.5 Å². The van der Waals surface area contributed by atoms with Crippen LogP contribution in [0, 0.1) is 0 Å². The predicted molar refractivity (Wildman–Crippen MR) is 73.2 cm³/mol. The van der Waals surface area contributed by atoms with Crippen molar-refractivity contribution in [1.82, 2.24) is 10.3 Å². The van der Waals surface area contributed by atoms with E-state index in [0.29, 0.717) is 19.0 Å². The van der Waals surface area contributed by atoms with Crippen molar-refractivity contribution in [1.29, 1.82) is 0 Å². The zero-order valence-corrected chi connectivity index (χ0v) is 11.7. The molecule has 0 aliphatic carbocycles. The average Bonchev–Trinajstić information content (AvgIpc) is 2.84. The molecule has 0 spiro atoms. The molecule has 0 saturated heterocycles. The Morgan fingerprint density at radius 2 is 2.11 bits per heavy atom. The maximum absolute atomic E-state index is 5.45. The molecule has 0 amide bonds. The maximum Gasteiger partial charge on any atom is 0.226 e. The van der Waals surface area contributed by atoms with E-state index in [0.717, 1.165) is 22.3 Å². The Morgan fingerprint density at radius 3 is 2.83 bits per heavy atom. The van der Waals surface area contributed by atoms with Crippen LogP contribution in [0.15, 0.2) is 39.4 Å². The highest BCUT2D eigenvalue weighted by Crippen LogP contribution is 2.20. The van der Waals surface area contributed by atoms with E-state index in [2.05, 4.69) is 26.2 Å². The third-order valence-electron chi connectivity index (χ3n) is 2.43. The summed E-state index contributed by atoms with van der Waals surface area (Å²) in [7, 11) is 1.68. The first-order valence-corrected chi connectivity index (χ1v) is 6.49. The van der Waals surface area contributed by atoms with Crippen LogP contribution in [0.5, 0.6) is 0 Å². The number of nitrogens with zero attached hydrogens (tertiary/aromatic N) is 1. The van der Waals surface area contributed by atoms with Gasteiger partial charge in [-0.15, -0.1) is 0 Å². The molecule has 1 N–H and O–H groups in total. The van der Waals surface area contributed by atoms with Gasteiger partial charge < -0.3 is 14.5 Å². The molecule has 0 fully saturated rings. The summed E-state index contributed by atoms with van der Waals surface area (Å²) in [5.74, 6) is 0.644. The number of rotatable bonds is 6. The molecular weight excluding hydrogens is 296 g/mol. The lowest BCUT2D eigenvalue weighted by molar-refractivity contribution is 0.199. The maximum atomic E-state index is 5.45. The summed E-state index contributed by atoms with van der Waals surface area (Å²) in [4.78, 5) is 4.42. The lowest BCUT2D eigenvalue weighted by atomic mass is 10.2. The Kier molecular flexibility index (Phi) is 4.92. The van der Waals surface area contributed by atoms with Gasteiger partial charge in [0.25, 0.3) is 0 Å². The molecule has 0 atom stereocenters. The first-order chi connectivity index (χ1) is 8.79. The number of aromatic nitrogens is 1. The Bertz CT molecular complexity index is 482. The van der Waals surface area contributed by atoms with E-state index in [1.807, 2.05) is 24.3 Å². The average molecular weight is 311 g/mol. The Hall–Kier alpha value is -1.17. The van der Waals surface area contributed by atoms with Crippen molar-refractivity contribution in [2.45, 2.75) is 6.54 Å². The van der Waals surface area contributed by atoms with Crippen molar-refractivity contribution in [2.75, 3.05) is 20.3 Å².